The van der Waals surface area contributed by atoms with Crippen molar-refractivity contribution in [3.63, 3.8) is 0 Å². The van der Waals surface area contributed by atoms with Crippen LogP contribution in [0.5, 0.6) is 0 Å². The molecule has 0 heterocycles. The molecule has 0 aliphatic heterocycles. The molecule has 0 aromatic heterocycles. The summed E-state index contributed by atoms with van der Waals surface area (Å²) in [5.74, 6) is 0.0623. The Morgan fingerprint density at radius 2 is 1.80 bits per heavy atom. The molecule has 0 bridgehead atoms. The van der Waals surface area contributed by atoms with E-state index in [2.05, 4.69) is 18.7 Å². The second-order valence-electron chi connectivity index (χ2n) is 5.20. The van der Waals surface area contributed by atoms with Gasteiger partial charge in [-0.2, -0.15) is 0 Å². The van der Waals surface area contributed by atoms with Crippen LogP contribution in [0.3, 0.4) is 0 Å². The maximum atomic E-state index is 7.43. The van der Waals surface area contributed by atoms with Crippen LogP contribution in [0.25, 0.3) is 0 Å². The number of unbranched alkanes of at least 4 members (excludes halogenated alkanes) is 2. The maximum absolute atomic E-state index is 7.43. The summed E-state index contributed by atoms with van der Waals surface area (Å²) in [5, 5.41) is 8.14. The number of nitrogens with two attached hydrogens (primary N) is 1. The van der Waals surface area contributed by atoms with Gasteiger partial charge in [0.1, 0.15) is 5.84 Å². The van der Waals surface area contributed by atoms with E-state index in [0.29, 0.717) is 10.6 Å². The van der Waals surface area contributed by atoms with Gasteiger partial charge in [0, 0.05) is 17.1 Å². The van der Waals surface area contributed by atoms with Gasteiger partial charge in [0.2, 0.25) is 0 Å². The first-order valence-corrected chi connectivity index (χ1v) is 7.81. The van der Waals surface area contributed by atoms with E-state index in [0.717, 1.165) is 25.2 Å². The van der Waals surface area contributed by atoms with Crippen LogP contribution in [0.15, 0.2) is 18.2 Å². The van der Waals surface area contributed by atoms with Crippen LogP contribution in [-0.2, 0) is 6.54 Å². The molecule has 0 atom stereocenters. The van der Waals surface area contributed by atoms with Gasteiger partial charge in [0.15, 0.2) is 0 Å². The third-order valence-corrected chi connectivity index (χ3v) is 3.77. The molecule has 0 spiro atoms. The van der Waals surface area contributed by atoms with E-state index in [9.17, 15) is 0 Å². The van der Waals surface area contributed by atoms with Crippen molar-refractivity contribution in [2.75, 3.05) is 13.1 Å². The van der Waals surface area contributed by atoms with Crippen LogP contribution in [0.1, 0.15) is 50.7 Å². The molecular formula is C16H26ClN3. The molecule has 0 unspecified atom stereocenters. The Kier molecular flexibility index (Phi) is 7.63. The predicted octanol–water partition coefficient (Wildman–Crippen LogP) is 4.03. The highest BCUT2D eigenvalue weighted by Crippen LogP contribution is 2.20. The third-order valence-electron chi connectivity index (χ3n) is 3.41. The number of nitrogens with one attached hydrogen (secondary N) is 1. The number of halogens is 1. The van der Waals surface area contributed by atoms with Crippen molar-refractivity contribution in [1.29, 1.82) is 5.41 Å². The fourth-order valence-corrected chi connectivity index (χ4v) is 2.36. The molecule has 20 heavy (non-hydrogen) atoms. The summed E-state index contributed by atoms with van der Waals surface area (Å²) in [5.41, 5.74) is 7.28. The molecule has 1 rings (SSSR count). The minimum Gasteiger partial charge on any atom is -0.384 e. The number of nitrogen functional groups attached to an aromatic ring is 1. The fraction of sp³-hybridized carbons (Fsp3) is 0.562. The van der Waals surface area contributed by atoms with Crippen molar-refractivity contribution in [2.45, 2.75) is 46.1 Å². The van der Waals surface area contributed by atoms with E-state index in [4.69, 9.17) is 22.7 Å². The van der Waals surface area contributed by atoms with Gasteiger partial charge in [-0.3, -0.25) is 10.3 Å². The Balaban J connectivity index is 2.73. The SMILES string of the molecule is CCCCN(CCCC)Cc1ccc(C(=N)N)cc1Cl. The van der Waals surface area contributed by atoms with Gasteiger partial charge in [0.25, 0.3) is 0 Å². The summed E-state index contributed by atoms with van der Waals surface area (Å²) in [6, 6.07) is 5.66. The minimum atomic E-state index is 0.0623. The van der Waals surface area contributed by atoms with Crippen molar-refractivity contribution < 1.29 is 0 Å². The first kappa shape index (κ1) is 17.0. The molecule has 1 aromatic carbocycles. The Hall–Kier alpha value is -1.06. The molecule has 1 aromatic rings. The molecule has 3 N–H and O–H groups in total. The van der Waals surface area contributed by atoms with Gasteiger partial charge >= 0.3 is 0 Å². The van der Waals surface area contributed by atoms with Gasteiger partial charge in [-0.05, 0) is 37.6 Å². The number of hydrogen-bond donors (Lipinski definition) is 2. The van der Waals surface area contributed by atoms with E-state index >= 15 is 0 Å². The smallest absolute Gasteiger partial charge is 0.122 e. The van der Waals surface area contributed by atoms with Crippen LogP contribution >= 0.6 is 11.6 Å². The second-order valence-corrected chi connectivity index (χ2v) is 5.61. The summed E-state index contributed by atoms with van der Waals surface area (Å²) in [4.78, 5) is 2.46. The monoisotopic (exact) mass is 295 g/mol. The number of rotatable bonds is 9. The highest BCUT2D eigenvalue weighted by Gasteiger charge is 2.09. The third kappa shape index (κ3) is 5.51. The average molecular weight is 296 g/mol. The predicted molar refractivity (Wildman–Crippen MR) is 87.6 cm³/mol. The molecule has 0 aliphatic rings. The zero-order chi connectivity index (χ0) is 15.0. The van der Waals surface area contributed by atoms with Crippen molar-refractivity contribution in [3.05, 3.63) is 34.3 Å². The summed E-state index contributed by atoms with van der Waals surface area (Å²) in [6.45, 7) is 7.53. The first-order chi connectivity index (χ1) is 9.58. The lowest BCUT2D eigenvalue weighted by molar-refractivity contribution is 0.257. The second kappa shape index (κ2) is 8.98. The van der Waals surface area contributed by atoms with E-state index in [1.54, 1.807) is 6.07 Å². The lowest BCUT2D eigenvalue weighted by atomic mass is 10.1. The fourth-order valence-electron chi connectivity index (χ4n) is 2.12. The lowest BCUT2D eigenvalue weighted by Gasteiger charge is -2.22. The van der Waals surface area contributed by atoms with Gasteiger partial charge < -0.3 is 5.73 Å². The van der Waals surface area contributed by atoms with Gasteiger partial charge in [0.05, 0.1) is 0 Å². The Morgan fingerprint density at radius 3 is 2.25 bits per heavy atom. The van der Waals surface area contributed by atoms with Crippen LogP contribution in [0.2, 0.25) is 5.02 Å². The summed E-state index contributed by atoms with van der Waals surface area (Å²) in [6.07, 6.45) is 4.85. The number of benzene rings is 1. The standard InChI is InChI=1S/C16H26ClN3/c1-3-5-9-20(10-6-4-2)12-14-8-7-13(16(18)19)11-15(14)17/h7-8,11H,3-6,9-10,12H2,1-2H3,(H3,18,19). The molecule has 0 saturated heterocycles. The van der Waals surface area contributed by atoms with Gasteiger partial charge in [-0.1, -0.05) is 50.4 Å². The average Bonchev–Trinajstić information content (AvgIpc) is 2.43. The summed E-state index contributed by atoms with van der Waals surface area (Å²) in [7, 11) is 0. The first-order valence-electron chi connectivity index (χ1n) is 7.43. The summed E-state index contributed by atoms with van der Waals surface area (Å²) < 4.78 is 0. The highest BCUT2D eigenvalue weighted by atomic mass is 35.5. The molecule has 112 valence electrons. The lowest BCUT2D eigenvalue weighted by Crippen LogP contribution is -2.25. The molecule has 0 saturated carbocycles. The Bertz CT molecular complexity index is 424. The van der Waals surface area contributed by atoms with E-state index in [1.807, 2.05) is 12.1 Å². The Labute approximate surface area is 127 Å². The zero-order valence-corrected chi connectivity index (χ0v) is 13.3. The topological polar surface area (TPSA) is 53.1 Å². The van der Waals surface area contributed by atoms with Gasteiger partial charge in [-0.25, -0.2) is 0 Å². The highest BCUT2D eigenvalue weighted by molar-refractivity contribution is 6.31. The normalized spacial score (nSPS) is 11.0. The largest absolute Gasteiger partial charge is 0.384 e. The molecule has 0 fully saturated rings. The molecule has 0 aliphatic carbocycles. The van der Waals surface area contributed by atoms with Crippen molar-refractivity contribution >= 4 is 17.4 Å². The van der Waals surface area contributed by atoms with Crippen LogP contribution in [0, 0.1) is 5.41 Å². The summed E-state index contributed by atoms with van der Waals surface area (Å²) >= 11 is 6.31. The van der Waals surface area contributed by atoms with Crippen molar-refractivity contribution in [1.82, 2.24) is 4.90 Å². The zero-order valence-electron chi connectivity index (χ0n) is 12.6. The molecular weight excluding hydrogens is 270 g/mol. The Morgan fingerprint density at radius 1 is 1.20 bits per heavy atom. The molecule has 3 nitrogen and oxygen atoms in total. The van der Waals surface area contributed by atoms with Gasteiger partial charge in [-0.15, -0.1) is 0 Å². The minimum absolute atomic E-state index is 0.0623. The molecule has 0 radical (unpaired) electrons. The van der Waals surface area contributed by atoms with Crippen LogP contribution < -0.4 is 5.73 Å². The quantitative estimate of drug-likeness (QED) is 0.534. The van der Waals surface area contributed by atoms with Crippen molar-refractivity contribution in [3.8, 4) is 0 Å². The van der Waals surface area contributed by atoms with E-state index in [-0.39, 0.29) is 5.84 Å². The number of hydrogen-bond acceptors (Lipinski definition) is 2. The molecule has 0 amide bonds. The van der Waals surface area contributed by atoms with E-state index in [1.165, 1.54) is 25.7 Å². The molecule has 4 heteroatoms. The number of nitrogens with zero attached hydrogens (tertiary/aromatic N) is 1. The van der Waals surface area contributed by atoms with Crippen molar-refractivity contribution in [2.24, 2.45) is 5.73 Å². The maximum Gasteiger partial charge on any atom is 0.122 e. The van der Waals surface area contributed by atoms with E-state index < -0.39 is 0 Å². The van der Waals surface area contributed by atoms with Crippen LogP contribution in [0.4, 0.5) is 0 Å². The number of amidine groups is 1. The van der Waals surface area contributed by atoms with Crippen LogP contribution in [-0.4, -0.2) is 23.8 Å².